The molecular weight excluding hydrogens is 406 g/mol. The van der Waals surface area contributed by atoms with Gasteiger partial charge in [-0.3, -0.25) is 0 Å². The average molecular weight is 452 g/mol. The van der Waals surface area contributed by atoms with Crippen LogP contribution in [0.1, 0.15) is 78.1 Å². The van der Waals surface area contributed by atoms with Crippen molar-refractivity contribution in [3.8, 4) is 0 Å². The van der Waals surface area contributed by atoms with E-state index in [1.54, 1.807) is 5.57 Å². The van der Waals surface area contributed by atoms with Crippen molar-refractivity contribution in [2.75, 3.05) is 42.9 Å². The van der Waals surface area contributed by atoms with E-state index in [2.05, 4.69) is 58.2 Å². The van der Waals surface area contributed by atoms with Gasteiger partial charge in [0.05, 0.1) is 0 Å². The quantitative estimate of drug-likeness (QED) is 0.487. The Balaban J connectivity index is 1.25. The molecule has 0 bridgehead atoms. The van der Waals surface area contributed by atoms with Crippen molar-refractivity contribution in [3.05, 3.63) is 36.1 Å². The van der Waals surface area contributed by atoms with Crippen LogP contribution >= 0.6 is 0 Å². The van der Waals surface area contributed by atoms with E-state index in [-0.39, 0.29) is 0 Å². The molecule has 2 fully saturated rings. The van der Waals surface area contributed by atoms with Crippen LogP contribution in [-0.2, 0) is 0 Å². The summed E-state index contributed by atoms with van der Waals surface area (Å²) >= 11 is 0. The van der Waals surface area contributed by atoms with Crippen molar-refractivity contribution >= 4 is 11.8 Å². The number of hydrogen-bond donors (Lipinski definition) is 1. The van der Waals surface area contributed by atoms with Gasteiger partial charge in [-0.25, -0.2) is 4.98 Å². The van der Waals surface area contributed by atoms with Gasteiger partial charge < -0.3 is 15.1 Å². The Morgan fingerprint density at radius 1 is 1.09 bits per heavy atom. The molecule has 2 saturated heterocycles. The van der Waals surface area contributed by atoms with Crippen molar-refractivity contribution in [1.82, 2.24) is 14.9 Å². The van der Waals surface area contributed by atoms with Gasteiger partial charge in [-0.05, 0) is 75.8 Å². The predicted octanol–water partition coefficient (Wildman–Crippen LogP) is 6.06. The molecule has 1 aliphatic carbocycles. The minimum absolute atomic E-state index is 0.453. The maximum atomic E-state index is 4.89. The molecular formula is C28H45N5. The lowest BCUT2D eigenvalue weighted by Gasteiger charge is -2.36. The fourth-order valence-corrected chi connectivity index (χ4v) is 5.57. The van der Waals surface area contributed by atoms with Gasteiger partial charge in [-0.15, -0.1) is 0 Å². The molecule has 2 aliphatic heterocycles. The number of rotatable bonds is 8. The van der Waals surface area contributed by atoms with E-state index in [1.807, 2.05) is 6.20 Å². The second-order valence-electron chi connectivity index (χ2n) is 10.8. The molecule has 1 aromatic rings. The van der Waals surface area contributed by atoms with Crippen molar-refractivity contribution in [2.24, 2.45) is 11.8 Å². The van der Waals surface area contributed by atoms with Gasteiger partial charge in [0.1, 0.15) is 5.82 Å². The molecule has 1 N–H and O–H groups in total. The third kappa shape index (κ3) is 7.84. The van der Waals surface area contributed by atoms with E-state index in [0.717, 1.165) is 43.7 Å². The van der Waals surface area contributed by atoms with E-state index >= 15 is 0 Å². The second kappa shape index (κ2) is 12.5. The maximum absolute atomic E-state index is 4.89. The number of nitrogens with one attached hydrogen (secondary N) is 1. The molecule has 3 heterocycles. The van der Waals surface area contributed by atoms with Crippen LogP contribution in [0.2, 0.25) is 0 Å². The summed E-state index contributed by atoms with van der Waals surface area (Å²) in [6.45, 7) is 10.3. The first-order valence-corrected chi connectivity index (χ1v) is 13.6. The highest BCUT2D eigenvalue weighted by Gasteiger charge is 2.24. The number of hydrogen-bond acceptors (Lipinski definition) is 5. The molecule has 4 rings (SSSR count). The standard InChI is InChI=1S/C28H45N5/c1-23(2)9-7-10-24-12-14-25(15-13-24)21-32-18-8-11-26(22-32)30-28-29-17-16-27(31-28)33-19-5-3-4-6-20-33/h7,9,12,16-17,23,25-26H,3-6,8,10-11,13-15,18-22H2,1-2H3,(H,29,30,31). The molecule has 1 aromatic heterocycles. The molecule has 2 atom stereocenters. The van der Waals surface area contributed by atoms with Gasteiger partial charge >= 0.3 is 0 Å². The predicted molar refractivity (Wildman–Crippen MR) is 140 cm³/mol. The van der Waals surface area contributed by atoms with Crippen molar-refractivity contribution in [1.29, 1.82) is 0 Å². The number of allylic oxidation sites excluding steroid dienone is 4. The Labute approximate surface area is 201 Å². The number of nitrogens with zero attached hydrogens (tertiary/aromatic N) is 4. The van der Waals surface area contributed by atoms with E-state index in [0.29, 0.717) is 12.0 Å². The molecule has 3 aliphatic rings. The van der Waals surface area contributed by atoms with Crippen LogP contribution in [0.15, 0.2) is 36.1 Å². The summed E-state index contributed by atoms with van der Waals surface area (Å²) < 4.78 is 0. The highest BCUT2D eigenvalue weighted by atomic mass is 15.2. The number of piperidine rings is 1. The monoisotopic (exact) mass is 451 g/mol. The van der Waals surface area contributed by atoms with Gasteiger partial charge in [0.15, 0.2) is 0 Å². The fraction of sp³-hybridized carbons (Fsp3) is 0.714. The third-order valence-electron chi connectivity index (χ3n) is 7.44. The minimum Gasteiger partial charge on any atom is -0.356 e. The second-order valence-corrected chi connectivity index (χ2v) is 10.8. The Morgan fingerprint density at radius 3 is 2.70 bits per heavy atom. The van der Waals surface area contributed by atoms with E-state index in [9.17, 15) is 0 Å². The van der Waals surface area contributed by atoms with Crippen molar-refractivity contribution in [2.45, 2.75) is 84.1 Å². The molecule has 0 amide bonds. The van der Waals surface area contributed by atoms with Crippen molar-refractivity contribution in [3.63, 3.8) is 0 Å². The molecule has 0 radical (unpaired) electrons. The number of likely N-dealkylation sites (tertiary alicyclic amines) is 1. The Kier molecular flexibility index (Phi) is 9.22. The summed E-state index contributed by atoms with van der Waals surface area (Å²) in [6.07, 6.45) is 21.9. The van der Waals surface area contributed by atoms with Crippen LogP contribution in [0, 0.1) is 11.8 Å². The van der Waals surface area contributed by atoms with Crippen LogP contribution < -0.4 is 10.2 Å². The van der Waals surface area contributed by atoms with Gasteiger partial charge in [0.25, 0.3) is 0 Å². The molecule has 0 spiro atoms. The lowest BCUT2D eigenvalue weighted by molar-refractivity contribution is 0.179. The van der Waals surface area contributed by atoms with Gasteiger partial charge in [-0.2, -0.15) is 4.98 Å². The van der Waals surface area contributed by atoms with E-state index in [4.69, 9.17) is 4.98 Å². The molecule has 2 unspecified atom stereocenters. The largest absolute Gasteiger partial charge is 0.356 e. The Morgan fingerprint density at radius 2 is 1.94 bits per heavy atom. The molecule has 0 saturated carbocycles. The first kappa shape index (κ1) is 24.3. The highest BCUT2D eigenvalue weighted by Crippen LogP contribution is 2.28. The summed E-state index contributed by atoms with van der Waals surface area (Å²) in [7, 11) is 0. The van der Waals surface area contributed by atoms with Crippen LogP contribution in [0.4, 0.5) is 11.8 Å². The highest BCUT2D eigenvalue weighted by molar-refractivity contribution is 5.43. The third-order valence-corrected chi connectivity index (χ3v) is 7.44. The normalized spacial score (nSPS) is 25.3. The lowest BCUT2D eigenvalue weighted by Crippen LogP contribution is -2.44. The first-order valence-electron chi connectivity index (χ1n) is 13.6. The van der Waals surface area contributed by atoms with Crippen LogP contribution in [-0.4, -0.2) is 53.6 Å². The van der Waals surface area contributed by atoms with E-state index < -0.39 is 0 Å². The average Bonchev–Trinajstić information content (AvgIpc) is 3.10. The SMILES string of the molecule is CC(C)C=CCC1=CCC(CN2CCCC(Nc3nccc(N4CCCCCC4)n3)C2)CC1. The van der Waals surface area contributed by atoms with E-state index in [1.165, 1.54) is 70.9 Å². The zero-order chi connectivity index (χ0) is 22.9. The molecule has 5 heteroatoms. The summed E-state index contributed by atoms with van der Waals surface area (Å²) in [6, 6.07) is 2.53. The molecule has 5 nitrogen and oxygen atoms in total. The summed E-state index contributed by atoms with van der Waals surface area (Å²) in [5.74, 6) is 3.37. The Hall–Kier alpha value is -1.88. The van der Waals surface area contributed by atoms with Crippen LogP contribution in [0.25, 0.3) is 0 Å². The summed E-state index contributed by atoms with van der Waals surface area (Å²) in [5.41, 5.74) is 1.64. The Bertz CT molecular complexity index is 778. The fourth-order valence-electron chi connectivity index (χ4n) is 5.57. The first-order chi connectivity index (χ1) is 16.2. The maximum Gasteiger partial charge on any atom is 0.224 e. The minimum atomic E-state index is 0.453. The van der Waals surface area contributed by atoms with Gasteiger partial charge in [0.2, 0.25) is 5.95 Å². The molecule has 0 aromatic carbocycles. The zero-order valence-corrected chi connectivity index (χ0v) is 21.0. The number of aromatic nitrogens is 2. The molecule has 182 valence electrons. The van der Waals surface area contributed by atoms with Crippen molar-refractivity contribution < 1.29 is 0 Å². The summed E-state index contributed by atoms with van der Waals surface area (Å²) in [4.78, 5) is 14.6. The smallest absolute Gasteiger partial charge is 0.224 e. The molecule has 33 heavy (non-hydrogen) atoms. The topological polar surface area (TPSA) is 44.3 Å². The van der Waals surface area contributed by atoms with Gasteiger partial charge in [0, 0.05) is 38.4 Å². The van der Waals surface area contributed by atoms with Crippen LogP contribution in [0.5, 0.6) is 0 Å². The zero-order valence-electron chi connectivity index (χ0n) is 21.0. The van der Waals surface area contributed by atoms with Crippen LogP contribution in [0.3, 0.4) is 0 Å². The summed E-state index contributed by atoms with van der Waals surface area (Å²) in [5, 5.41) is 3.67. The van der Waals surface area contributed by atoms with Gasteiger partial charge in [-0.1, -0.05) is 50.5 Å². The lowest BCUT2D eigenvalue weighted by atomic mass is 9.87. The number of anilines is 2.